The van der Waals surface area contributed by atoms with Gasteiger partial charge in [-0.25, -0.2) is 4.79 Å². The Kier molecular flexibility index (Phi) is 5.27. The lowest BCUT2D eigenvalue weighted by Gasteiger charge is -2.14. The first-order valence-corrected chi connectivity index (χ1v) is 7.39. The molecule has 0 saturated heterocycles. The van der Waals surface area contributed by atoms with Crippen LogP contribution in [0.25, 0.3) is 0 Å². The molecule has 2 amide bonds. The zero-order chi connectivity index (χ0) is 14.4. The first-order valence-electron chi connectivity index (χ1n) is 7.39. The van der Waals surface area contributed by atoms with Crippen molar-refractivity contribution < 1.29 is 9.53 Å². The van der Waals surface area contributed by atoms with E-state index in [-0.39, 0.29) is 6.03 Å². The van der Waals surface area contributed by atoms with Gasteiger partial charge in [-0.05, 0) is 38.3 Å². The van der Waals surface area contributed by atoms with E-state index in [0.29, 0.717) is 19.2 Å². The molecule has 1 aromatic rings. The van der Waals surface area contributed by atoms with Crippen molar-refractivity contribution in [3.05, 3.63) is 29.3 Å². The van der Waals surface area contributed by atoms with Gasteiger partial charge in [-0.1, -0.05) is 30.5 Å². The number of ether oxygens (including phenoxy) is 1. The summed E-state index contributed by atoms with van der Waals surface area (Å²) in [7, 11) is 0. The number of amides is 2. The average Bonchev–Trinajstić information content (AvgIpc) is 2.89. The third-order valence-electron chi connectivity index (χ3n) is 3.67. The van der Waals surface area contributed by atoms with Crippen LogP contribution < -0.4 is 15.4 Å². The van der Waals surface area contributed by atoms with Crippen molar-refractivity contribution in [3.63, 3.8) is 0 Å². The monoisotopic (exact) mass is 276 g/mol. The van der Waals surface area contributed by atoms with Crippen LogP contribution in [0.5, 0.6) is 5.75 Å². The quantitative estimate of drug-likeness (QED) is 0.812. The molecule has 0 spiro atoms. The second kappa shape index (κ2) is 7.17. The van der Waals surface area contributed by atoms with Crippen LogP contribution in [0, 0.1) is 13.8 Å². The van der Waals surface area contributed by atoms with Crippen LogP contribution in [0.4, 0.5) is 4.79 Å². The number of aryl methyl sites for hydroxylation is 2. The zero-order valence-corrected chi connectivity index (χ0v) is 12.4. The third kappa shape index (κ3) is 4.44. The van der Waals surface area contributed by atoms with Crippen LogP contribution in [0.2, 0.25) is 0 Å². The highest BCUT2D eigenvalue weighted by Crippen LogP contribution is 2.18. The summed E-state index contributed by atoms with van der Waals surface area (Å²) in [6, 6.07) is 6.37. The molecule has 110 valence electrons. The lowest BCUT2D eigenvalue weighted by molar-refractivity contribution is 0.232. The minimum atomic E-state index is -0.0823. The smallest absolute Gasteiger partial charge is 0.315 e. The highest BCUT2D eigenvalue weighted by atomic mass is 16.5. The maximum Gasteiger partial charge on any atom is 0.315 e. The van der Waals surface area contributed by atoms with Gasteiger partial charge < -0.3 is 15.4 Å². The summed E-state index contributed by atoms with van der Waals surface area (Å²) in [5.41, 5.74) is 2.35. The molecule has 1 aliphatic rings. The Labute approximate surface area is 120 Å². The van der Waals surface area contributed by atoms with E-state index in [1.807, 2.05) is 19.1 Å². The third-order valence-corrected chi connectivity index (χ3v) is 3.67. The van der Waals surface area contributed by atoms with Crippen LogP contribution in [-0.4, -0.2) is 25.2 Å². The number of carbonyl (C=O) groups excluding carboxylic acids is 1. The van der Waals surface area contributed by atoms with E-state index in [0.717, 1.165) is 24.2 Å². The Bertz CT molecular complexity index is 454. The standard InChI is InChI=1S/C16H24N2O2/c1-12-7-8-15(13(2)11-12)20-10-9-17-16(19)18-14-5-3-4-6-14/h7-8,11,14H,3-6,9-10H2,1-2H3,(H2,17,18,19). The lowest BCUT2D eigenvalue weighted by atomic mass is 10.1. The van der Waals surface area contributed by atoms with Gasteiger partial charge in [0.2, 0.25) is 0 Å². The predicted octanol–water partition coefficient (Wildman–Crippen LogP) is 2.92. The van der Waals surface area contributed by atoms with Crippen molar-refractivity contribution in [2.24, 2.45) is 0 Å². The minimum Gasteiger partial charge on any atom is -0.491 e. The summed E-state index contributed by atoms with van der Waals surface area (Å²) in [4.78, 5) is 11.6. The van der Waals surface area contributed by atoms with Gasteiger partial charge in [0.15, 0.2) is 0 Å². The number of benzene rings is 1. The number of rotatable bonds is 5. The van der Waals surface area contributed by atoms with Gasteiger partial charge in [-0.3, -0.25) is 0 Å². The number of hydrogen-bond donors (Lipinski definition) is 2. The normalized spacial score (nSPS) is 15.1. The first kappa shape index (κ1) is 14.7. The molecule has 0 unspecified atom stereocenters. The molecule has 0 aliphatic heterocycles. The molecule has 20 heavy (non-hydrogen) atoms. The highest BCUT2D eigenvalue weighted by Gasteiger charge is 2.16. The van der Waals surface area contributed by atoms with E-state index in [2.05, 4.69) is 23.6 Å². The van der Waals surface area contributed by atoms with Crippen molar-refractivity contribution in [2.75, 3.05) is 13.2 Å². The van der Waals surface area contributed by atoms with Gasteiger partial charge in [-0.15, -0.1) is 0 Å². The molecule has 0 bridgehead atoms. The zero-order valence-electron chi connectivity index (χ0n) is 12.4. The van der Waals surface area contributed by atoms with Crippen LogP contribution in [0.1, 0.15) is 36.8 Å². The van der Waals surface area contributed by atoms with E-state index in [1.165, 1.54) is 18.4 Å². The van der Waals surface area contributed by atoms with Gasteiger partial charge in [0.1, 0.15) is 12.4 Å². The lowest BCUT2D eigenvalue weighted by Crippen LogP contribution is -2.42. The van der Waals surface area contributed by atoms with Crippen molar-refractivity contribution >= 4 is 6.03 Å². The average molecular weight is 276 g/mol. The Hall–Kier alpha value is -1.71. The fraction of sp³-hybridized carbons (Fsp3) is 0.562. The van der Waals surface area contributed by atoms with Gasteiger partial charge >= 0.3 is 6.03 Å². The van der Waals surface area contributed by atoms with E-state index in [1.54, 1.807) is 0 Å². The molecule has 0 heterocycles. The van der Waals surface area contributed by atoms with Crippen LogP contribution >= 0.6 is 0 Å². The summed E-state index contributed by atoms with van der Waals surface area (Å²) in [5, 5.41) is 5.83. The number of hydrogen-bond acceptors (Lipinski definition) is 2. The topological polar surface area (TPSA) is 50.4 Å². The molecule has 1 aromatic carbocycles. The van der Waals surface area contributed by atoms with Gasteiger partial charge in [0.05, 0.1) is 6.54 Å². The number of urea groups is 1. The molecule has 2 N–H and O–H groups in total. The van der Waals surface area contributed by atoms with Gasteiger partial charge in [0.25, 0.3) is 0 Å². The predicted molar refractivity (Wildman–Crippen MR) is 80.2 cm³/mol. The van der Waals surface area contributed by atoms with Crippen molar-refractivity contribution in [1.82, 2.24) is 10.6 Å². The van der Waals surface area contributed by atoms with Crippen LogP contribution in [-0.2, 0) is 0 Å². The Balaban J connectivity index is 1.64. The van der Waals surface area contributed by atoms with E-state index < -0.39 is 0 Å². The van der Waals surface area contributed by atoms with Crippen LogP contribution in [0.3, 0.4) is 0 Å². The van der Waals surface area contributed by atoms with Gasteiger partial charge in [0, 0.05) is 6.04 Å². The van der Waals surface area contributed by atoms with E-state index in [4.69, 9.17) is 4.74 Å². The molecular formula is C16H24N2O2. The summed E-state index contributed by atoms with van der Waals surface area (Å²) in [5.74, 6) is 0.883. The highest BCUT2D eigenvalue weighted by molar-refractivity contribution is 5.74. The van der Waals surface area contributed by atoms with Crippen molar-refractivity contribution in [2.45, 2.75) is 45.6 Å². The SMILES string of the molecule is Cc1ccc(OCCNC(=O)NC2CCCC2)c(C)c1. The van der Waals surface area contributed by atoms with Crippen molar-refractivity contribution in [3.8, 4) is 5.75 Å². The van der Waals surface area contributed by atoms with Crippen molar-refractivity contribution in [1.29, 1.82) is 0 Å². The molecule has 0 atom stereocenters. The first-order chi connectivity index (χ1) is 9.65. The maximum atomic E-state index is 11.6. The minimum absolute atomic E-state index is 0.0823. The molecule has 1 saturated carbocycles. The molecule has 4 nitrogen and oxygen atoms in total. The largest absolute Gasteiger partial charge is 0.491 e. The summed E-state index contributed by atoms with van der Waals surface area (Å²) in [6.45, 7) is 5.10. The summed E-state index contributed by atoms with van der Waals surface area (Å²) < 4.78 is 5.67. The second-order valence-corrected chi connectivity index (χ2v) is 5.50. The molecule has 2 rings (SSSR count). The Morgan fingerprint density at radius 3 is 2.75 bits per heavy atom. The second-order valence-electron chi connectivity index (χ2n) is 5.50. The van der Waals surface area contributed by atoms with Crippen LogP contribution in [0.15, 0.2) is 18.2 Å². The van der Waals surface area contributed by atoms with E-state index in [9.17, 15) is 4.79 Å². The Morgan fingerprint density at radius 1 is 1.30 bits per heavy atom. The summed E-state index contributed by atoms with van der Waals surface area (Å²) >= 11 is 0. The van der Waals surface area contributed by atoms with E-state index >= 15 is 0 Å². The maximum absolute atomic E-state index is 11.6. The molecule has 1 fully saturated rings. The molecular weight excluding hydrogens is 252 g/mol. The number of nitrogens with one attached hydrogen (secondary N) is 2. The summed E-state index contributed by atoms with van der Waals surface area (Å²) in [6.07, 6.45) is 4.65. The Morgan fingerprint density at radius 2 is 2.05 bits per heavy atom. The molecule has 0 aromatic heterocycles. The molecule has 0 radical (unpaired) electrons. The van der Waals surface area contributed by atoms with Gasteiger partial charge in [-0.2, -0.15) is 0 Å². The molecule has 4 heteroatoms. The number of carbonyl (C=O) groups is 1. The fourth-order valence-electron chi connectivity index (χ4n) is 2.59. The fourth-order valence-corrected chi connectivity index (χ4v) is 2.59. The molecule has 1 aliphatic carbocycles.